The molecule has 0 amide bonds. The van der Waals surface area contributed by atoms with Crippen molar-refractivity contribution < 1.29 is 4.74 Å². The van der Waals surface area contributed by atoms with Gasteiger partial charge in [-0.1, -0.05) is 6.92 Å². The van der Waals surface area contributed by atoms with Crippen LogP contribution in [0.25, 0.3) is 0 Å². The monoisotopic (exact) mass is 267 g/mol. The Bertz CT molecular complexity index is 321. The molecule has 1 fully saturated rings. The van der Waals surface area contributed by atoms with Crippen LogP contribution in [0.3, 0.4) is 0 Å². The number of hydrogen-bond donors (Lipinski definition) is 1. The second-order valence-corrected chi connectivity index (χ2v) is 5.87. The number of hydrogen-bond acceptors (Lipinski definition) is 3. The van der Waals surface area contributed by atoms with Gasteiger partial charge in [0.15, 0.2) is 0 Å². The molecule has 1 aliphatic carbocycles. The average Bonchev–Trinajstić information content (AvgIpc) is 3.08. The molecule has 2 atom stereocenters. The zero-order valence-corrected chi connectivity index (χ0v) is 12.3. The first-order valence-electron chi connectivity index (χ1n) is 7.21. The molecule has 0 radical (unpaired) electrons. The molecule has 0 aromatic carbocycles. The standard InChI is InChI=1S/C15H25NOS/c1-3-16-14(8-5-12-9-10-18-11-12)15(17-4-2)13-6-7-13/h9-11,13-16H,3-8H2,1-2H3. The number of likely N-dealkylation sites (N-methyl/N-ethyl adjacent to an activating group) is 1. The van der Waals surface area contributed by atoms with Crippen LogP contribution in [-0.4, -0.2) is 25.3 Å². The normalized spacial score (nSPS) is 18.8. The van der Waals surface area contributed by atoms with Gasteiger partial charge in [-0.15, -0.1) is 0 Å². The van der Waals surface area contributed by atoms with Crippen molar-refractivity contribution in [3.63, 3.8) is 0 Å². The van der Waals surface area contributed by atoms with Gasteiger partial charge in [0.25, 0.3) is 0 Å². The van der Waals surface area contributed by atoms with Crippen molar-refractivity contribution >= 4 is 11.3 Å². The molecule has 2 nitrogen and oxygen atoms in total. The summed E-state index contributed by atoms with van der Waals surface area (Å²) in [6.45, 7) is 6.16. The van der Waals surface area contributed by atoms with E-state index in [1.165, 1.54) is 24.8 Å². The van der Waals surface area contributed by atoms with Gasteiger partial charge in [-0.05, 0) is 67.5 Å². The Morgan fingerprint density at radius 3 is 2.83 bits per heavy atom. The maximum absolute atomic E-state index is 5.99. The van der Waals surface area contributed by atoms with Gasteiger partial charge in [0.1, 0.15) is 0 Å². The lowest BCUT2D eigenvalue weighted by Crippen LogP contribution is -2.43. The Labute approximate surface area is 115 Å². The fraction of sp³-hybridized carbons (Fsp3) is 0.733. The Morgan fingerprint density at radius 1 is 1.44 bits per heavy atom. The van der Waals surface area contributed by atoms with E-state index in [-0.39, 0.29) is 0 Å². The highest BCUT2D eigenvalue weighted by molar-refractivity contribution is 7.07. The van der Waals surface area contributed by atoms with Crippen LogP contribution in [0.2, 0.25) is 0 Å². The lowest BCUT2D eigenvalue weighted by molar-refractivity contribution is 0.0175. The van der Waals surface area contributed by atoms with E-state index in [4.69, 9.17) is 4.74 Å². The molecule has 0 saturated heterocycles. The summed E-state index contributed by atoms with van der Waals surface area (Å²) in [5.41, 5.74) is 1.47. The van der Waals surface area contributed by atoms with E-state index in [2.05, 4.69) is 36.0 Å². The van der Waals surface area contributed by atoms with Crippen LogP contribution in [-0.2, 0) is 11.2 Å². The molecule has 0 bridgehead atoms. The van der Waals surface area contributed by atoms with E-state index in [9.17, 15) is 0 Å². The van der Waals surface area contributed by atoms with Crippen molar-refractivity contribution in [3.05, 3.63) is 22.4 Å². The highest BCUT2D eigenvalue weighted by atomic mass is 32.1. The third-order valence-electron chi connectivity index (χ3n) is 3.63. The third kappa shape index (κ3) is 4.08. The second kappa shape index (κ2) is 7.27. The quantitative estimate of drug-likeness (QED) is 0.739. The minimum absolute atomic E-state index is 0.425. The zero-order chi connectivity index (χ0) is 12.8. The highest BCUT2D eigenvalue weighted by Gasteiger charge is 2.36. The van der Waals surface area contributed by atoms with Crippen molar-refractivity contribution in [3.8, 4) is 0 Å². The van der Waals surface area contributed by atoms with Crippen LogP contribution >= 0.6 is 11.3 Å². The van der Waals surface area contributed by atoms with Crippen LogP contribution < -0.4 is 5.32 Å². The topological polar surface area (TPSA) is 21.3 Å². The van der Waals surface area contributed by atoms with Crippen LogP contribution in [0, 0.1) is 5.92 Å². The van der Waals surface area contributed by atoms with Gasteiger partial charge in [0, 0.05) is 12.6 Å². The summed E-state index contributed by atoms with van der Waals surface area (Å²) in [5.74, 6) is 0.802. The zero-order valence-electron chi connectivity index (χ0n) is 11.5. The van der Waals surface area contributed by atoms with Gasteiger partial charge in [0.2, 0.25) is 0 Å². The number of ether oxygens (including phenoxy) is 1. The molecule has 1 aromatic rings. The maximum Gasteiger partial charge on any atom is 0.0756 e. The molecule has 1 heterocycles. The summed E-state index contributed by atoms with van der Waals surface area (Å²) in [6.07, 6.45) is 5.48. The second-order valence-electron chi connectivity index (χ2n) is 5.09. The fourth-order valence-electron chi connectivity index (χ4n) is 2.60. The molecule has 2 rings (SSSR count). The lowest BCUT2D eigenvalue weighted by Gasteiger charge is -2.28. The number of nitrogens with one attached hydrogen (secondary N) is 1. The molecule has 1 saturated carbocycles. The molecule has 0 aliphatic heterocycles. The van der Waals surface area contributed by atoms with Crippen LogP contribution in [0.5, 0.6) is 0 Å². The van der Waals surface area contributed by atoms with Crippen molar-refractivity contribution in [2.24, 2.45) is 5.92 Å². The van der Waals surface area contributed by atoms with Crippen molar-refractivity contribution in [1.82, 2.24) is 5.32 Å². The summed E-state index contributed by atoms with van der Waals surface area (Å²) in [6, 6.07) is 2.75. The Kier molecular flexibility index (Phi) is 5.67. The number of aryl methyl sites for hydroxylation is 1. The van der Waals surface area contributed by atoms with E-state index in [1.807, 2.05) is 0 Å². The first-order valence-corrected chi connectivity index (χ1v) is 8.15. The predicted molar refractivity (Wildman–Crippen MR) is 78.2 cm³/mol. The van der Waals surface area contributed by atoms with Gasteiger partial charge in [-0.2, -0.15) is 11.3 Å². The summed E-state index contributed by atoms with van der Waals surface area (Å²) < 4.78 is 5.99. The van der Waals surface area contributed by atoms with Crippen LogP contribution in [0.1, 0.15) is 38.7 Å². The maximum atomic E-state index is 5.99. The number of rotatable bonds is 9. The fourth-order valence-corrected chi connectivity index (χ4v) is 3.30. The largest absolute Gasteiger partial charge is 0.377 e. The van der Waals surface area contributed by atoms with E-state index in [1.54, 1.807) is 11.3 Å². The molecular weight excluding hydrogens is 242 g/mol. The van der Waals surface area contributed by atoms with E-state index in [0.717, 1.165) is 25.5 Å². The van der Waals surface area contributed by atoms with E-state index >= 15 is 0 Å². The Hall–Kier alpha value is -0.380. The Morgan fingerprint density at radius 2 is 2.28 bits per heavy atom. The van der Waals surface area contributed by atoms with Gasteiger partial charge in [0.05, 0.1) is 6.10 Å². The van der Waals surface area contributed by atoms with E-state index in [0.29, 0.717) is 12.1 Å². The SMILES string of the molecule is CCNC(CCc1ccsc1)C(OCC)C1CC1. The molecule has 3 heteroatoms. The van der Waals surface area contributed by atoms with Crippen molar-refractivity contribution in [2.45, 2.75) is 51.7 Å². The summed E-state index contributed by atoms with van der Waals surface area (Å²) in [5, 5.41) is 8.05. The minimum Gasteiger partial charge on any atom is -0.377 e. The lowest BCUT2D eigenvalue weighted by atomic mass is 9.99. The number of thiophene rings is 1. The van der Waals surface area contributed by atoms with Crippen LogP contribution in [0.15, 0.2) is 16.8 Å². The van der Waals surface area contributed by atoms with Gasteiger partial charge < -0.3 is 10.1 Å². The Balaban J connectivity index is 1.88. The van der Waals surface area contributed by atoms with Crippen molar-refractivity contribution in [1.29, 1.82) is 0 Å². The molecule has 18 heavy (non-hydrogen) atoms. The average molecular weight is 267 g/mol. The molecule has 1 aliphatic rings. The highest BCUT2D eigenvalue weighted by Crippen LogP contribution is 2.36. The summed E-state index contributed by atoms with van der Waals surface area (Å²) in [7, 11) is 0. The molecule has 1 aromatic heterocycles. The molecule has 1 N–H and O–H groups in total. The first kappa shape index (κ1) is 14.0. The summed E-state index contributed by atoms with van der Waals surface area (Å²) >= 11 is 1.79. The molecule has 102 valence electrons. The molecule has 0 spiro atoms. The minimum atomic E-state index is 0.425. The summed E-state index contributed by atoms with van der Waals surface area (Å²) in [4.78, 5) is 0. The molecular formula is C15H25NOS. The smallest absolute Gasteiger partial charge is 0.0756 e. The van der Waals surface area contributed by atoms with Gasteiger partial charge in [-0.25, -0.2) is 0 Å². The third-order valence-corrected chi connectivity index (χ3v) is 4.36. The van der Waals surface area contributed by atoms with Gasteiger partial charge in [-0.3, -0.25) is 0 Å². The molecule has 2 unspecified atom stereocenters. The van der Waals surface area contributed by atoms with E-state index < -0.39 is 0 Å². The van der Waals surface area contributed by atoms with Gasteiger partial charge >= 0.3 is 0 Å². The first-order chi connectivity index (χ1) is 8.85. The predicted octanol–water partition coefficient (Wildman–Crippen LogP) is 3.47. The van der Waals surface area contributed by atoms with Crippen molar-refractivity contribution in [2.75, 3.05) is 13.2 Å². The van der Waals surface area contributed by atoms with Crippen LogP contribution in [0.4, 0.5) is 0 Å².